The van der Waals surface area contributed by atoms with Crippen molar-refractivity contribution >= 4 is 29.1 Å². The molecule has 6 heteroatoms. The average molecular weight is 433 g/mol. The van der Waals surface area contributed by atoms with Crippen LogP contribution < -0.4 is 4.74 Å². The van der Waals surface area contributed by atoms with Crippen molar-refractivity contribution in [3.05, 3.63) is 63.6 Å². The van der Waals surface area contributed by atoms with Gasteiger partial charge in [-0.05, 0) is 54.2 Å². The van der Waals surface area contributed by atoms with E-state index in [2.05, 4.69) is 17.0 Å². The molecule has 1 amide bonds. The number of likely N-dealkylation sites (tertiary alicyclic amines) is 1. The number of nitrogens with zero attached hydrogens (tertiary/aromatic N) is 2. The zero-order valence-electron chi connectivity index (χ0n) is 16.6. The number of rotatable bonds is 8. The van der Waals surface area contributed by atoms with Crippen LogP contribution in [0.15, 0.2) is 42.5 Å². The van der Waals surface area contributed by atoms with Crippen LogP contribution in [0.4, 0.5) is 0 Å². The van der Waals surface area contributed by atoms with Gasteiger partial charge in [0.2, 0.25) is 5.91 Å². The molecule has 1 heterocycles. The fraction of sp³-hybridized carbons (Fsp3) is 0.435. The summed E-state index contributed by atoms with van der Waals surface area (Å²) in [5.74, 6) is 2.03. The number of carbonyl (C=O) groups is 1. The molecule has 2 fully saturated rings. The van der Waals surface area contributed by atoms with E-state index < -0.39 is 0 Å². The number of halogens is 2. The molecule has 0 N–H and O–H groups in total. The Morgan fingerprint density at radius 3 is 2.41 bits per heavy atom. The molecule has 2 aromatic rings. The predicted octanol–water partition coefficient (Wildman–Crippen LogP) is 4.87. The second-order valence-electron chi connectivity index (χ2n) is 8.23. The van der Waals surface area contributed by atoms with Gasteiger partial charge in [-0.3, -0.25) is 9.69 Å². The van der Waals surface area contributed by atoms with Gasteiger partial charge in [-0.15, -0.1) is 0 Å². The quantitative estimate of drug-likeness (QED) is 0.596. The van der Waals surface area contributed by atoms with Crippen LogP contribution in [0.1, 0.15) is 24.0 Å². The Kier molecular flexibility index (Phi) is 6.33. The molecule has 0 radical (unpaired) electrons. The highest BCUT2D eigenvalue weighted by molar-refractivity contribution is 6.42. The van der Waals surface area contributed by atoms with E-state index in [1.807, 2.05) is 36.2 Å². The molecule has 0 atom stereocenters. The Labute approximate surface area is 182 Å². The lowest BCUT2D eigenvalue weighted by Gasteiger charge is -2.40. The van der Waals surface area contributed by atoms with Crippen LogP contribution >= 0.6 is 23.2 Å². The first-order valence-corrected chi connectivity index (χ1v) is 10.9. The molecule has 2 aromatic carbocycles. The van der Waals surface area contributed by atoms with Crippen LogP contribution in [-0.4, -0.2) is 42.4 Å². The van der Waals surface area contributed by atoms with E-state index in [4.69, 9.17) is 27.9 Å². The highest BCUT2D eigenvalue weighted by Gasteiger charge is 2.35. The molecule has 154 valence electrons. The molecule has 1 saturated carbocycles. The third-order valence-electron chi connectivity index (χ3n) is 5.63. The van der Waals surface area contributed by atoms with Gasteiger partial charge >= 0.3 is 0 Å². The van der Waals surface area contributed by atoms with Gasteiger partial charge in [-0.25, -0.2) is 0 Å². The first-order valence-electron chi connectivity index (χ1n) is 10.1. The van der Waals surface area contributed by atoms with Crippen molar-refractivity contribution in [1.82, 2.24) is 9.80 Å². The van der Waals surface area contributed by atoms with E-state index in [9.17, 15) is 4.79 Å². The van der Waals surface area contributed by atoms with Gasteiger partial charge in [0.1, 0.15) is 12.4 Å². The minimum atomic E-state index is 0.160. The summed E-state index contributed by atoms with van der Waals surface area (Å²) >= 11 is 12.0. The van der Waals surface area contributed by atoms with Crippen molar-refractivity contribution in [1.29, 1.82) is 0 Å². The predicted molar refractivity (Wildman–Crippen MR) is 116 cm³/mol. The molecule has 2 aliphatic rings. The Balaban J connectivity index is 1.21. The molecule has 1 aliphatic carbocycles. The molecule has 1 aliphatic heterocycles. The smallest absolute Gasteiger partial charge is 0.228 e. The normalized spacial score (nSPS) is 17.1. The SMILES string of the molecule is CN(CC1CC1)C(=O)C1CN(Cc2ccc(OCc3ccc(Cl)c(Cl)c3)cc2)C1. The fourth-order valence-corrected chi connectivity index (χ4v) is 4.01. The van der Waals surface area contributed by atoms with Crippen molar-refractivity contribution in [2.45, 2.75) is 26.0 Å². The number of amides is 1. The van der Waals surface area contributed by atoms with Gasteiger partial charge in [0.15, 0.2) is 0 Å². The average Bonchev–Trinajstić information content (AvgIpc) is 3.49. The third-order valence-corrected chi connectivity index (χ3v) is 6.37. The van der Waals surface area contributed by atoms with Crippen LogP contribution in [0.2, 0.25) is 10.0 Å². The summed E-state index contributed by atoms with van der Waals surface area (Å²) in [6, 6.07) is 13.6. The number of ether oxygens (including phenoxy) is 1. The number of hydrogen-bond donors (Lipinski definition) is 0. The van der Waals surface area contributed by atoms with Crippen LogP contribution in [0.3, 0.4) is 0 Å². The molecule has 29 heavy (non-hydrogen) atoms. The van der Waals surface area contributed by atoms with Gasteiger partial charge in [0, 0.05) is 33.2 Å². The summed E-state index contributed by atoms with van der Waals surface area (Å²) in [5, 5.41) is 1.08. The van der Waals surface area contributed by atoms with Gasteiger partial charge in [-0.1, -0.05) is 41.4 Å². The lowest BCUT2D eigenvalue weighted by molar-refractivity contribution is -0.140. The van der Waals surface area contributed by atoms with Gasteiger partial charge < -0.3 is 9.64 Å². The molecule has 0 spiro atoms. The van der Waals surface area contributed by atoms with Crippen molar-refractivity contribution < 1.29 is 9.53 Å². The maximum atomic E-state index is 12.4. The van der Waals surface area contributed by atoms with E-state index in [-0.39, 0.29) is 5.92 Å². The molecule has 0 bridgehead atoms. The Morgan fingerprint density at radius 2 is 1.76 bits per heavy atom. The first kappa shape index (κ1) is 20.5. The lowest BCUT2D eigenvalue weighted by atomic mass is 9.97. The van der Waals surface area contributed by atoms with Crippen molar-refractivity contribution in [3.63, 3.8) is 0 Å². The monoisotopic (exact) mass is 432 g/mol. The summed E-state index contributed by atoms with van der Waals surface area (Å²) in [6.07, 6.45) is 2.56. The Morgan fingerprint density at radius 1 is 1.07 bits per heavy atom. The summed E-state index contributed by atoms with van der Waals surface area (Å²) in [4.78, 5) is 16.7. The summed E-state index contributed by atoms with van der Waals surface area (Å²) in [7, 11) is 1.94. The minimum absolute atomic E-state index is 0.160. The summed E-state index contributed by atoms with van der Waals surface area (Å²) < 4.78 is 5.83. The zero-order valence-corrected chi connectivity index (χ0v) is 18.1. The van der Waals surface area contributed by atoms with Gasteiger partial charge in [-0.2, -0.15) is 0 Å². The molecular formula is C23H26Cl2N2O2. The molecule has 1 saturated heterocycles. The maximum Gasteiger partial charge on any atom is 0.228 e. The van der Waals surface area contributed by atoms with Crippen molar-refractivity contribution in [2.24, 2.45) is 11.8 Å². The highest BCUT2D eigenvalue weighted by atomic mass is 35.5. The van der Waals surface area contributed by atoms with E-state index in [0.717, 1.165) is 43.4 Å². The minimum Gasteiger partial charge on any atom is -0.489 e. The van der Waals surface area contributed by atoms with Crippen LogP contribution in [0, 0.1) is 11.8 Å². The van der Waals surface area contributed by atoms with E-state index >= 15 is 0 Å². The van der Waals surface area contributed by atoms with Crippen LogP contribution in [0.25, 0.3) is 0 Å². The second kappa shape index (κ2) is 8.95. The van der Waals surface area contributed by atoms with Crippen molar-refractivity contribution in [3.8, 4) is 5.75 Å². The maximum absolute atomic E-state index is 12.4. The molecule has 4 rings (SSSR count). The standard InChI is InChI=1S/C23H26Cl2N2O2/c1-26(11-16-2-3-16)23(28)19-13-27(14-19)12-17-4-7-20(8-5-17)29-15-18-6-9-21(24)22(25)10-18/h4-10,16,19H,2-3,11-15H2,1H3. The summed E-state index contributed by atoms with van der Waals surface area (Å²) in [6.45, 7) is 3.94. The van der Waals surface area contributed by atoms with E-state index in [0.29, 0.717) is 22.6 Å². The molecule has 4 nitrogen and oxygen atoms in total. The Bertz CT molecular complexity index is 862. The Hall–Kier alpha value is -1.75. The van der Waals surface area contributed by atoms with Crippen LogP contribution in [0.5, 0.6) is 5.75 Å². The van der Waals surface area contributed by atoms with E-state index in [1.54, 1.807) is 6.07 Å². The van der Waals surface area contributed by atoms with Crippen LogP contribution in [-0.2, 0) is 17.9 Å². The molecular weight excluding hydrogens is 407 g/mol. The highest BCUT2D eigenvalue weighted by Crippen LogP contribution is 2.30. The zero-order chi connectivity index (χ0) is 20.4. The number of carbonyl (C=O) groups excluding carboxylic acids is 1. The third kappa shape index (κ3) is 5.44. The summed E-state index contributed by atoms with van der Waals surface area (Å²) in [5.41, 5.74) is 2.20. The molecule has 0 aromatic heterocycles. The first-order chi connectivity index (χ1) is 14.0. The topological polar surface area (TPSA) is 32.8 Å². The van der Waals surface area contributed by atoms with Gasteiger partial charge in [0.05, 0.1) is 16.0 Å². The largest absolute Gasteiger partial charge is 0.489 e. The molecule has 0 unspecified atom stereocenters. The number of benzene rings is 2. The number of hydrogen-bond acceptors (Lipinski definition) is 3. The lowest BCUT2D eigenvalue weighted by Crippen LogP contribution is -2.53. The van der Waals surface area contributed by atoms with Gasteiger partial charge in [0.25, 0.3) is 0 Å². The van der Waals surface area contributed by atoms with E-state index in [1.165, 1.54) is 18.4 Å². The fourth-order valence-electron chi connectivity index (χ4n) is 3.69. The second-order valence-corrected chi connectivity index (χ2v) is 9.05. The van der Waals surface area contributed by atoms with Crippen molar-refractivity contribution in [2.75, 3.05) is 26.7 Å².